The van der Waals surface area contributed by atoms with Crippen LogP contribution in [0, 0.1) is 11.3 Å². The highest BCUT2D eigenvalue weighted by molar-refractivity contribution is 5.97. The molecule has 1 aromatic heterocycles. The van der Waals surface area contributed by atoms with Gasteiger partial charge in [0.1, 0.15) is 5.75 Å². The molecule has 0 atom stereocenters. The number of rotatable bonds is 5. The topological polar surface area (TPSA) is 143 Å². The molecule has 9 heteroatoms. The van der Waals surface area contributed by atoms with E-state index < -0.39 is 11.8 Å². The molecule has 0 aliphatic carbocycles. The zero-order valence-electron chi connectivity index (χ0n) is 15.1. The molecule has 0 aliphatic rings. The molecule has 0 saturated carbocycles. The molecule has 0 unspecified atom stereocenters. The van der Waals surface area contributed by atoms with Gasteiger partial charge in [0.15, 0.2) is 18.1 Å². The van der Waals surface area contributed by atoms with Crippen LogP contribution in [0.5, 0.6) is 5.75 Å². The minimum atomic E-state index is -0.685. The van der Waals surface area contributed by atoms with Crippen molar-refractivity contribution in [3.63, 3.8) is 0 Å². The van der Waals surface area contributed by atoms with Crippen LogP contribution in [0.4, 0.5) is 5.82 Å². The van der Waals surface area contributed by atoms with Gasteiger partial charge in [-0.3, -0.25) is 20.4 Å². The van der Waals surface area contributed by atoms with Gasteiger partial charge in [-0.25, -0.2) is 9.97 Å². The monoisotopic (exact) mass is 388 g/mol. The Balaban J connectivity index is 1.49. The number of nitrogens with two attached hydrogens (primary N) is 1. The molecule has 0 saturated heterocycles. The molecule has 0 aliphatic heterocycles. The minimum absolute atomic E-state index is 0.0437. The van der Waals surface area contributed by atoms with Gasteiger partial charge in [-0.05, 0) is 35.4 Å². The number of nitriles is 1. The number of benzene rings is 2. The lowest BCUT2D eigenvalue weighted by atomic mass is 10.0. The highest BCUT2D eigenvalue weighted by Gasteiger charge is 2.13. The highest BCUT2D eigenvalue weighted by Crippen LogP contribution is 2.22. The maximum Gasteiger partial charge on any atom is 0.292 e. The molecule has 29 heavy (non-hydrogen) atoms. The van der Waals surface area contributed by atoms with E-state index in [1.165, 1.54) is 12.4 Å². The number of carbonyl (C=O) groups is 2. The molecule has 9 nitrogen and oxygen atoms in total. The maximum atomic E-state index is 11.9. The van der Waals surface area contributed by atoms with E-state index in [0.717, 1.165) is 11.1 Å². The van der Waals surface area contributed by atoms with Crippen molar-refractivity contribution in [2.24, 2.45) is 0 Å². The van der Waals surface area contributed by atoms with E-state index in [0.29, 0.717) is 11.3 Å². The van der Waals surface area contributed by atoms with Crippen molar-refractivity contribution < 1.29 is 14.3 Å². The van der Waals surface area contributed by atoms with E-state index in [1.54, 1.807) is 24.3 Å². The third-order valence-corrected chi connectivity index (χ3v) is 3.83. The Morgan fingerprint density at radius 3 is 2.21 bits per heavy atom. The van der Waals surface area contributed by atoms with Gasteiger partial charge in [0.2, 0.25) is 0 Å². The Morgan fingerprint density at radius 2 is 1.59 bits per heavy atom. The number of aromatic nitrogens is 2. The minimum Gasteiger partial charge on any atom is -0.484 e. The molecule has 144 valence electrons. The van der Waals surface area contributed by atoms with Crippen LogP contribution in [0.2, 0.25) is 0 Å². The van der Waals surface area contributed by atoms with Gasteiger partial charge in [-0.15, -0.1) is 0 Å². The van der Waals surface area contributed by atoms with Crippen LogP contribution in [-0.2, 0) is 4.79 Å². The van der Waals surface area contributed by atoms with E-state index in [2.05, 4.69) is 26.9 Å². The quantitative estimate of drug-likeness (QED) is 0.561. The number of nitrogen functional groups attached to an aromatic ring is 1. The fourth-order valence-electron chi connectivity index (χ4n) is 2.38. The van der Waals surface area contributed by atoms with Crippen LogP contribution < -0.4 is 21.3 Å². The Kier molecular flexibility index (Phi) is 5.97. The molecule has 1 heterocycles. The first-order valence-corrected chi connectivity index (χ1v) is 8.46. The van der Waals surface area contributed by atoms with Crippen molar-refractivity contribution in [1.82, 2.24) is 20.8 Å². The van der Waals surface area contributed by atoms with Crippen LogP contribution in [-0.4, -0.2) is 28.4 Å². The summed E-state index contributed by atoms with van der Waals surface area (Å²) in [4.78, 5) is 31.3. The standard InChI is InChI=1S/C20H16N6O3/c21-11-13-1-3-14(4-2-13)15-5-7-16(8-6-15)29-12-17(27)25-26-20(28)18-19(22)24-10-9-23-18/h1-10H,12H2,(H2,22,24)(H,25,27)(H,26,28). The van der Waals surface area contributed by atoms with Gasteiger partial charge in [-0.1, -0.05) is 24.3 Å². The second kappa shape index (κ2) is 8.96. The lowest BCUT2D eigenvalue weighted by molar-refractivity contribution is -0.123. The fourth-order valence-corrected chi connectivity index (χ4v) is 2.38. The number of anilines is 1. The normalized spacial score (nSPS) is 9.90. The number of hydrogen-bond donors (Lipinski definition) is 3. The van der Waals surface area contributed by atoms with Gasteiger partial charge in [0.25, 0.3) is 11.8 Å². The lowest BCUT2D eigenvalue weighted by Crippen LogP contribution is -2.44. The number of amides is 2. The van der Waals surface area contributed by atoms with Crippen molar-refractivity contribution in [2.45, 2.75) is 0 Å². The first-order chi connectivity index (χ1) is 14.1. The molecule has 2 aromatic carbocycles. The van der Waals surface area contributed by atoms with E-state index in [4.69, 9.17) is 15.7 Å². The predicted octanol–water partition coefficient (Wildman–Crippen LogP) is 1.44. The van der Waals surface area contributed by atoms with Crippen LogP contribution in [0.3, 0.4) is 0 Å². The molecular formula is C20H16N6O3. The van der Waals surface area contributed by atoms with E-state index in [1.807, 2.05) is 24.3 Å². The predicted molar refractivity (Wildman–Crippen MR) is 104 cm³/mol. The summed E-state index contributed by atoms with van der Waals surface area (Å²) in [5.74, 6) is -0.799. The van der Waals surface area contributed by atoms with Gasteiger partial charge in [0, 0.05) is 12.4 Å². The van der Waals surface area contributed by atoms with Gasteiger partial charge < -0.3 is 10.5 Å². The summed E-state index contributed by atoms with van der Waals surface area (Å²) in [6.45, 7) is -0.299. The Hall–Kier alpha value is -4.45. The molecule has 4 N–H and O–H groups in total. The average molecular weight is 388 g/mol. The average Bonchev–Trinajstić information content (AvgIpc) is 2.77. The number of hydrazine groups is 1. The SMILES string of the molecule is N#Cc1ccc(-c2ccc(OCC(=O)NNC(=O)c3nccnc3N)cc2)cc1. The second-order valence-electron chi connectivity index (χ2n) is 5.79. The summed E-state index contributed by atoms with van der Waals surface area (Å²) in [5.41, 5.74) is 12.4. The lowest BCUT2D eigenvalue weighted by Gasteiger charge is -2.09. The summed E-state index contributed by atoms with van der Waals surface area (Å²) >= 11 is 0. The van der Waals surface area contributed by atoms with Crippen LogP contribution in [0.25, 0.3) is 11.1 Å². The zero-order chi connectivity index (χ0) is 20.6. The van der Waals surface area contributed by atoms with Gasteiger partial charge in [0.05, 0.1) is 11.6 Å². The van der Waals surface area contributed by atoms with Crippen molar-refractivity contribution >= 4 is 17.6 Å². The number of hydrogen-bond acceptors (Lipinski definition) is 7. The van der Waals surface area contributed by atoms with Gasteiger partial charge >= 0.3 is 0 Å². The third kappa shape index (κ3) is 5.05. The summed E-state index contributed by atoms with van der Waals surface area (Å²) in [6.07, 6.45) is 2.67. The van der Waals surface area contributed by atoms with Crippen molar-refractivity contribution in [3.8, 4) is 22.9 Å². The zero-order valence-corrected chi connectivity index (χ0v) is 15.1. The van der Waals surface area contributed by atoms with Gasteiger partial charge in [-0.2, -0.15) is 5.26 Å². The number of ether oxygens (including phenoxy) is 1. The maximum absolute atomic E-state index is 11.9. The Labute approximate surface area is 166 Å². The fraction of sp³-hybridized carbons (Fsp3) is 0.0500. The first kappa shape index (κ1) is 19.3. The van der Waals surface area contributed by atoms with Crippen molar-refractivity contribution in [1.29, 1.82) is 5.26 Å². The first-order valence-electron chi connectivity index (χ1n) is 8.46. The largest absolute Gasteiger partial charge is 0.484 e. The molecule has 3 rings (SSSR count). The molecule has 0 bridgehead atoms. The molecule has 0 fully saturated rings. The Morgan fingerprint density at radius 1 is 0.966 bits per heavy atom. The van der Waals surface area contributed by atoms with E-state index >= 15 is 0 Å². The summed E-state index contributed by atoms with van der Waals surface area (Å²) in [6, 6.07) is 16.4. The second-order valence-corrected chi connectivity index (χ2v) is 5.79. The Bertz CT molecular complexity index is 1060. The van der Waals surface area contributed by atoms with Crippen LogP contribution in [0.15, 0.2) is 60.9 Å². The van der Waals surface area contributed by atoms with Crippen molar-refractivity contribution in [3.05, 3.63) is 72.2 Å². The van der Waals surface area contributed by atoms with E-state index in [9.17, 15) is 9.59 Å². The summed E-state index contributed by atoms with van der Waals surface area (Å²) in [7, 11) is 0. The molecule has 2 amide bonds. The van der Waals surface area contributed by atoms with Crippen LogP contribution in [0.1, 0.15) is 16.1 Å². The number of nitrogens with one attached hydrogen (secondary N) is 2. The molecule has 3 aromatic rings. The third-order valence-electron chi connectivity index (χ3n) is 3.83. The molecular weight excluding hydrogens is 372 g/mol. The van der Waals surface area contributed by atoms with Crippen LogP contribution >= 0.6 is 0 Å². The summed E-state index contributed by atoms with van der Waals surface area (Å²) in [5, 5.41) is 8.84. The van der Waals surface area contributed by atoms with Crippen molar-refractivity contribution in [2.75, 3.05) is 12.3 Å². The highest BCUT2D eigenvalue weighted by atomic mass is 16.5. The summed E-state index contributed by atoms with van der Waals surface area (Å²) < 4.78 is 5.40. The number of nitrogens with zero attached hydrogens (tertiary/aromatic N) is 3. The molecule has 0 radical (unpaired) electrons. The smallest absolute Gasteiger partial charge is 0.292 e. The van der Waals surface area contributed by atoms with E-state index in [-0.39, 0.29) is 18.1 Å². The number of carbonyl (C=O) groups excluding carboxylic acids is 2. The molecule has 0 spiro atoms.